The van der Waals surface area contributed by atoms with Gasteiger partial charge in [-0.2, -0.15) is 0 Å². The van der Waals surface area contributed by atoms with Crippen LogP contribution >= 0.6 is 11.3 Å². The fourth-order valence-electron chi connectivity index (χ4n) is 3.12. The van der Waals surface area contributed by atoms with E-state index in [9.17, 15) is 4.79 Å². The molecule has 0 saturated heterocycles. The first kappa shape index (κ1) is 18.0. The van der Waals surface area contributed by atoms with Gasteiger partial charge in [0.1, 0.15) is 16.4 Å². The van der Waals surface area contributed by atoms with E-state index in [2.05, 4.69) is 27.2 Å². The monoisotopic (exact) mass is 384 g/mol. The molecule has 0 bridgehead atoms. The van der Waals surface area contributed by atoms with Crippen LogP contribution in [0, 0.1) is 6.92 Å². The maximum absolute atomic E-state index is 12.6. The molecule has 0 spiro atoms. The Balaban J connectivity index is 1.72. The number of rotatable bonds is 8. The number of benzene rings is 1. The van der Waals surface area contributed by atoms with Crippen LogP contribution in [0.15, 0.2) is 30.3 Å². The number of imidazole rings is 1. The van der Waals surface area contributed by atoms with E-state index in [1.165, 1.54) is 11.3 Å². The van der Waals surface area contributed by atoms with Crippen LogP contribution in [0.4, 0.5) is 5.82 Å². The molecule has 1 fully saturated rings. The first-order valence-electron chi connectivity index (χ1n) is 9.30. The fourth-order valence-corrected chi connectivity index (χ4v) is 4.15. The standard InChI is InChI=1S/C20H24N4O2S/c1-13-17(19(25)22-15-9-10-15)27-20-23-16(14-7-4-3-5-8-14)18(24(13)20)21-11-6-12-26-2/h3-5,7-8,15,21H,6,9-12H2,1-2H3,(H,22,25). The number of amides is 1. The molecule has 1 aliphatic rings. The number of hydrogen-bond acceptors (Lipinski definition) is 5. The van der Waals surface area contributed by atoms with Crippen LogP contribution in [0.5, 0.6) is 0 Å². The molecule has 2 heterocycles. The van der Waals surface area contributed by atoms with Crippen LogP contribution in [-0.2, 0) is 4.74 Å². The van der Waals surface area contributed by atoms with Crippen molar-refractivity contribution in [2.45, 2.75) is 32.2 Å². The van der Waals surface area contributed by atoms with Crippen molar-refractivity contribution in [3.05, 3.63) is 40.9 Å². The van der Waals surface area contributed by atoms with Crippen molar-refractivity contribution in [3.8, 4) is 11.3 Å². The summed E-state index contributed by atoms with van der Waals surface area (Å²) in [5, 5.41) is 6.59. The lowest BCUT2D eigenvalue weighted by Crippen LogP contribution is -2.25. The molecule has 142 valence electrons. The molecule has 0 unspecified atom stereocenters. The number of hydrogen-bond donors (Lipinski definition) is 2. The van der Waals surface area contributed by atoms with E-state index >= 15 is 0 Å². The van der Waals surface area contributed by atoms with E-state index in [0.29, 0.717) is 12.6 Å². The number of nitrogens with one attached hydrogen (secondary N) is 2. The summed E-state index contributed by atoms with van der Waals surface area (Å²) in [4.78, 5) is 19.0. The van der Waals surface area contributed by atoms with Crippen LogP contribution in [0.25, 0.3) is 16.2 Å². The summed E-state index contributed by atoms with van der Waals surface area (Å²) in [6.07, 6.45) is 3.06. The first-order valence-corrected chi connectivity index (χ1v) is 10.1. The number of fused-ring (bicyclic) bond motifs is 1. The highest BCUT2D eigenvalue weighted by Crippen LogP contribution is 2.34. The molecule has 0 radical (unpaired) electrons. The average Bonchev–Trinajstić information content (AvgIpc) is 3.33. The molecule has 2 N–H and O–H groups in total. The number of anilines is 1. The van der Waals surface area contributed by atoms with Gasteiger partial charge in [0.2, 0.25) is 0 Å². The molecular formula is C20H24N4O2S. The second-order valence-corrected chi connectivity index (χ2v) is 7.81. The Morgan fingerprint density at radius 2 is 2.11 bits per heavy atom. The number of carbonyl (C=O) groups is 1. The van der Waals surface area contributed by atoms with Gasteiger partial charge in [-0.1, -0.05) is 41.7 Å². The number of methoxy groups -OCH3 is 1. The minimum atomic E-state index is 0.0112. The Kier molecular flexibility index (Phi) is 5.13. The predicted molar refractivity (Wildman–Crippen MR) is 109 cm³/mol. The number of aromatic nitrogens is 2. The van der Waals surface area contributed by atoms with Gasteiger partial charge in [0.25, 0.3) is 5.91 Å². The average molecular weight is 385 g/mol. The molecule has 27 heavy (non-hydrogen) atoms. The summed E-state index contributed by atoms with van der Waals surface area (Å²) in [5.41, 5.74) is 2.90. The Morgan fingerprint density at radius 1 is 1.33 bits per heavy atom. The molecule has 1 saturated carbocycles. The van der Waals surface area contributed by atoms with E-state index in [1.807, 2.05) is 25.1 Å². The van der Waals surface area contributed by atoms with Crippen molar-refractivity contribution >= 4 is 28.0 Å². The van der Waals surface area contributed by atoms with Crippen molar-refractivity contribution in [1.29, 1.82) is 0 Å². The van der Waals surface area contributed by atoms with Crippen LogP contribution < -0.4 is 10.6 Å². The Bertz CT molecular complexity index is 944. The molecule has 6 nitrogen and oxygen atoms in total. The molecule has 3 aromatic rings. The third-order valence-corrected chi connectivity index (χ3v) is 5.83. The Labute approximate surface area is 162 Å². The van der Waals surface area contributed by atoms with Crippen molar-refractivity contribution in [3.63, 3.8) is 0 Å². The molecule has 1 amide bonds. The lowest BCUT2D eigenvalue weighted by molar-refractivity contribution is 0.0954. The zero-order chi connectivity index (χ0) is 18.8. The van der Waals surface area contributed by atoms with Gasteiger partial charge in [-0.25, -0.2) is 4.98 Å². The maximum Gasteiger partial charge on any atom is 0.263 e. The molecule has 1 aliphatic carbocycles. The van der Waals surface area contributed by atoms with Crippen LogP contribution in [0.1, 0.15) is 34.6 Å². The van der Waals surface area contributed by atoms with Gasteiger partial charge in [0.15, 0.2) is 4.96 Å². The van der Waals surface area contributed by atoms with Gasteiger partial charge in [-0.05, 0) is 26.2 Å². The number of ether oxygens (including phenoxy) is 1. The molecule has 2 aromatic heterocycles. The van der Waals surface area contributed by atoms with Crippen molar-refractivity contribution in [2.75, 3.05) is 25.6 Å². The van der Waals surface area contributed by atoms with Gasteiger partial charge >= 0.3 is 0 Å². The molecule has 0 aliphatic heterocycles. The van der Waals surface area contributed by atoms with E-state index in [0.717, 1.165) is 58.4 Å². The summed E-state index contributed by atoms with van der Waals surface area (Å²) in [5.74, 6) is 0.948. The summed E-state index contributed by atoms with van der Waals surface area (Å²) in [6.45, 7) is 3.47. The normalized spacial score (nSPS) is 13.9. The minimum absolute atomic E-state index is 0.0112. The number of nitrogens with zero attached hydrogens (tertiary/aromatic N) is 2. The van der Waals surface area contributed by atoms with Crippen LogP contribution in [0.3, 0.4) is 0 Å². The SMILES string of the molecule is COCCCNc1c(-c2ccccc2)nc2sc(C(=O)NC3CC3)c(C)n12. The van der Waals surface area contributed by atoms with Crippen LogP contribution in [0.2, 0.25) is 0 Å². The van der Waals surface area contributed by atoms with Gasteiger partial charge in [-0.3, -0.25) is 9.20 Å². The Morgan fingerprint density at radius 3 is 2.81 bits per heavy atom. The fraction of sp³-hybridized carbons (Fsp3) is 0.400. The topological polar surface area (TPSA) is 67.7 Å². The highest BCUT2D eigenvalue weighted by Gasteiger charge is 2.27. The number of aryl methyl sites for hydroxylation is 1. The third-order valence-electron chi connectivity index (χ3n) is 4.69. The summed E-state index contributed by atoms with van der Waals surface area (Å²) in [7, 11) is 1.71. The Hall–Kier alpha value is -2.38. The second-order valence-electron chi connectivity index (χ2n) is 6.83. The lowest BCUT2D eigenvalue weighted by atomic mass is 10.1. The van der Waals surface area contributed by atoms with E-state index < -0.39 is 0 Å². The van der Waals surface area contributed by atoms with E-state index in [4.69, 9.17) is 9.72 Å². The van der Waals surface area contributed by atoms with Gasteiger partial charge in [0, 0.05) is 37.6 Å². The molecule has 4 rings (SSSR count). The highest BCUT2D eigenvalue weighted by molar-refractivity contribution is 7.19. The summed E-state index contributed by atoms with van der Waals surface area (Å²) < 4.78 is 7.22. The van der Waals surface area contributed by atoms with E-state index in [1.54, 1.807) is 7.11 Å². The smallest absolute Gasteiger partial charge is 0.263 e. The minimum Gasteiger partial charge on any atom is -0.385 e. The first-order chi connectivity index (χ1) is 13.2. The number of thiazole rings is 1. The largest absolute Gasteiger partial charge is 0.385 e. The molecule has 1 aromatic carbocycles. The molecular weight excluding hydrogens is 360 g/mol. The molecule has 7 heteroatoms. The lowest BCUT2D eigenvalue weighted by Gasteiger charge is -2.09. The van der Waals surface area contributed by atoms with Crippen molar-refractivity contribution in [2.24, 2.45) is 0 Å². The van der Waals surface area contributed by atoms with Crippen molar-refractivity contribution in [1.82, 2.24) is 14.7 Å². The third kappa shape index (κ3) is 3.70. The van der Waals surface area contributed by atoms with Gasteiger partial charge < -0.3 is 15.4 Å². The maximum atomic E-state index is 12.6. The zero-order valence-electron chi connectivity index (χ0n) is 15.6. The van der Waals surface area contributed by atoms with Crippen molar-refractivity contribution < 1.29 is 9.53 Å². The molecule has 0 atom stereocenters. The zero-order valence-corrected chi connectivity index (χ0v) is 16.4. The van der Waals surface area contributed by atoms with Crippen LogP contribution in [-0.4, -0.2) is 41.6 Å². The summed E-state index contributed by atoms with van der Waals surface area (Å²) >= 11 is 1.45. The van der Waals surface area contributed by atoms with Gasteiger partial charge in [0.05, 0.1) is 0 Å². The van der Waals surface area contributed by atoms with Gasteiger partial charge in [-0.15, -0.1) is 0 Å². The predicted octanol–water partition coefficient (Wildman–Crippen LogP) is 3.71. The number of carbonyl (C=O) groups excluding carboxylic acids is 1. The highest BCUT2D eigenvalue weighted by atomic mass is 32.1. The second kappa shape index (κ2) is 7.70. The summed E-state index contributed by atoms with van der Waals surface area (Å²) in [6, 6.07) is 10.5. The van der Waals surface area contributed by atoms with E-state index in [-0.39, 0.29) is 5.91 Å². The quantitative estimate of drug-likeness (QED) is 0.581.